The molecule has 1 fully saturated rings. The number of nitrogens with zero attached hydrogens (tertiary/aromatic N) is 1. The molecule has 0 spiro atoms. The molecule has 6 nitrogen and oxygen atoms in total. The fourth-order valence-electron chi connectivity index (χ4n) is 3.88. The third-order valence-electron chi connectivity index (χ3n) is 5.69. The Bertz CT molecular complexity index is 1200. The van der Waals surface area contributed by atoms with Gasteiger partial charge in [-0.2, -0.15) is 0 Å². The molecular weight excluding hydrogens is 422 g/mol. The van der Waals surface area contributed by atoms with Crippen LogP contribution in [0.2, 0.25) is 0 Å². The van der Waals surface area contributed by atoms with Crippen molar-refractivity contribution in [3.05, 3.63) is 89.5 Å². The molecule has 0 aliphatic carbocycles. The van der Waals surface area contributed by atoms with Gasteiger partial charge >= 0.3 is 0 Å². The Morgan fingerprint density at radius 1 is 0.906 bits per heavy atom. The number of benzene rings is 3. The van der Waals surface area contributed by atoms with E-state index in [1.54, 1.807) is 12.1 Å². The summed E-state index contributed by atoms with van der Waals surface area (Å²) < 4.78 is 28.0. The van der Waals surface area contributed by atoms with Crippen LogP contribution < -0.4 is 14.9 Å². The molecule has 166 valence electrons. The largest absolute Gasteiger partial charge is 0.371 e. The number of anilines is 2. The average Bonchev–Trinajstić information content (AvgIpc) is 3.34. The molecule has 0 unspecified atom stereocenters. The van der Waals surface area contributed by atoms with Gasteiger partial charge in [0.2, 0.25) is 0 Å². The first-order valence-electron chi connectivity index (χ1n) is 10.7. The van der Waals surface area contributed by atoms with Gasteiger partial charge in [-0.3, -0.25) is 9.52 Å². The van der Waals surface area contributed by atoms with E-state index in [1.165, 1.54) is 37.1 Å². The number of amides is 1. The third-order valence-corrected chi connectivity index (χ3v) is 7.08. The minimum absolute atomic E-state index is 0.108. The maximum Gasteiger partial charge on any atom is 0.261 e. The van der Waals surface area contributed by atoms with Gasteiger partial charge in [0.25, 0.3) is 15.9 Å². The second-order valence-electron chi connectivity index (χ2n) is 7.95. The lowest BCUT2D eigenvalue weighted by molar-refractivity contribution is 0.0951. The molecule has 1 heterocycles. The molecule has 0 saturated carbocycles. The van der Waals surface area contributed by atoms with Crippen molar-refractivity contribution in [2.24, 2.45) is 0 Å². The topological polar surface area (TPSA) is 78.5 Å². The number of aryl methyl sites for hydroxylation is 1. The molecule has 1 saturated heterocycles. The highest BCUT2D eigenvalue weighted by molar-refractivity contribution is 7.92. The molecule has 1 aliphatic rings. The molecule has 0 radical (unpaired) electrons. The predicted octanol–water partition coefficient (Wildman–Crippen LogP) is 4.33. The molecule has 32 heavy (non-hydrogen) atoms. The Hall–Kier alpha value is -3.32. The van der Waals surface area contributed by atoms with Crippen molar-refractivity contribution in [2.75, 3.05) is 22.7 Å². The van der Waals surface area contributed by atoms with E-state index in [0.717, 1.165) is 29.9 Å². The third kappa shape index (κ3) is 4.94. The fraction of sp³-hybridized carbons (Fsp3) is 0.240. The highest BCUT2D eigenvalue weighted by Crippen LogP contribution is 2.24. The van der Waals surface area contributed by atoms with Crippen LogP contribution >= 0.6 is 0 Å². The highest BCUT2D eigenvalue weighted by atomic mass is 32.2. The normalized spacial score (nSPS) is 13.7. The van der Waals surface area contributed by atoms with Crippen molar-refractivity contribution in [3.8, 4) is 0 Å². The van der Waals surface area contributed by atoms with Crippen LogP contribution in [0.5, 0.6) is 0 Å². The monoisotopic (exact) mass is 449 g/mol. The van der Waals surface area contributed by atoms with E-state index in [9.17, 15) is 13.2 Å². The van der Waals surface area contributed by atoms with Crippen molar-refractivity contribution in [3.63, 3.8) is 0 Å². The van der Waals surface area contributed by atoms with Crippen molar-refractivity contribution >= 4 is 27.3 Å². The van der Waals surface area contributed by atoms with Crippen LogP contribution in [-0.2, 0) is 16.6 Å². The standard InChI is InChI=1S/C25H27N3O3S/c1-19-8-2-4-10-23(19)27-32(30,31)22-14-12-20(13-15-22)25(29)26-18-21-9-3-5-11-24(21)28-16-6-7-17-28/h2-5,8-15,27H,6-7,16-18H2,1H3,(H,26,29). The SMILES string of the molecule is Cc1ccccc1NS(=O)(=O)c1ccc(C(=O)NCc2ccccc2N2CCCC2)cc1. The number of hydrogen-bond donors (Lipinski definition) is 2. The van der Waals surface area contributed by atoms with Crippen molar-refractivity contribution in [2.45, 2.75) is 31.2 Å². The highest BCUT2D eigenvalue weighted by Gasteiger charge is 2.18. The molecule has 4 rings (SSSR count). The molecule has 1 aliphatic heterocycles. The quantitative estimate of drug-likeness (QED) is 0.563. The van der Waals surface area contributed by atoms with Crippen LogP contribution in [0.1, 0.15) is 34.3 Å². The lowest BCUT2D eigenvalue weighted by Gasteiger charge is -2.21. The Morgan fingerprint density at radius 3 is 2.28 bits per heavy atom. The molecule has 0 aromatic heterocycles. The van der Waals surface area contributed by atoms with E-state index in [-0.39, 0.29) is 10.8 Å². The average molecular weight is 450 g/mol. The molecule has 3 aromatic rings. The van der Waals surface area contributed by atoms with Gasteiger partial charge in [-0.25, -0.2) is 8.42 Å². The molecule has 0 bridgehead atoms. The van der Waals surface area contributed by atoms with Crippen molar-refractivity contribution in [1.82, 2.24) is 5.32 Å². The van der Waals surface area contributed by atoms with E-state index in [0.29, 0.717) is 17.8 Å². The lowest BCUT2D eigenvalue weighted by atomic mass is 10.1. The van der Waals surface area contributed by atoms with E-state index in [1.807, 2.05) is 37.3 Å². The van der Waals surface area contributed by atoms with Crippen LogP contribution in [-0.4, -0.2) is 27.4 Å². The zero-order chi connectivity index (χ0) is 22.6. The minimum atomic E-state index is -3.74. The first-order valence-corrected chi connectivity index (χ1v) is 12.2. The first-order chi connectivity index (χ1) is 15.4. The zero-order valence-corrected chi connectivity index (χ0v) is 18.9. The van der Waals surface area contributed by atoms with Gasteiger partial charge < -0.3 is 10.2 Å². The van der Waals surface area contributed by atoms with Crippen molar-refractivity contribution in [1.29, 1.82) is 0 Å². The maximum absolute atomic E-state index is 12.7. The van der Waals surface area contributed by atoms with Gasteiger partial charge in [0.05, 0.1) is 10.6 Å². The molecule has 2 N–H and O–H groups in total. The number of rotatable bonds is 7. The van der Waals surface area contributed by atoms with E-state index in [4.69, 9.17) is 0 Å². The number of carbonyl (C=O) groups is 1. The second kappa shape index (κ2) is 9.44. The second-order valence-corrected chi connectivity index (χ2v) is 9.63. The van der Waals surface area contributed by atoms with Crippen molar-refractivity contribution < 1.29 is 13.2 Å². The minimum Gasteiger partial charge on any atom is -0.371 e. The Morgan fingerprint density at radius 2 is 1.56 bits per heavy atom. The van der Waals surface area contributed by atoms with E-state index < -0.39 is 10.0 Å². The van der Waals surface area contributed by atoms with Gasteiger partial charge in [0.15, 0.2) is 0 Å². The molecule has 7 heteroatoms. The maximum atomic E-state index is 12.7. The Kier molecular flexibility index (Phi) is 6.46. The van der Waals surface area contributed by atoms with Gasteiger partial charge in [0.1, 0.15) is 0 Å². The smallest absolute Gasteiger partial charge is 0.261 e. The Balaban J connectivity index is 1.42. The summed E-state index contributed by atoms with van der Waals surface area (Å²) in [6.07, 6.45) is 2.38. The van der Waals surface area contributed by atoms with Crippen LogP contribution in [0.25, 0.3) is 0 Å². The predicted molar refractivity (Wildman–Crippen MR) is 127 cm³/mol. The van der Waals surface area contributed by atoms with E-state index >= 15 is 0 Å². The number of hydrogen-bond acceptors (Lipinski definition) is 4. The first kappa shape index (κ1) is 21.9. The van der Waals surface area contributed by atoms with Gasteiger partial charge in [-0.15, -0.1) is 0 Å². The zero-order valence-electron chi connectivity index (χ0n) is 18.0. The fourth-order valence-corrected chi connectivity index (χ4v) is 5.01. The number of sulfonamides is 1. The Labute approximate surface area is 189 Å². The van der Waals surface area contributed by atoms with Gasteiger partial charge in [0, 0.05) is 30.9 Å². The summed E-state index contributed by atoms with van der Waals surface area (Å²) in [5.41, 5.74) is 4.02. The summed E-state index contributed by atoms with van der Waals surface area (Å²) in [6.45, 7) is 4.34. The summed E-state index contributed by atoms with van der Waals surface area (Å²) in [4.78, 5) is 15.1. The molecule has 3 aromatic carbocycles. The number of para-hydroxylation sites is 2. The van der Waals surface area contributed by atoms with Crippen LogP contribution in [0.15, 0.2) is 77.7 Å². The lowest BCUT2D eigenvalue weighted by Crippen LogP contribution is -2.25. The van der Waals surface area contributed by atoms with Gasteiger partial charge in [-0.1, -0.05) is 36.4 Å². The summed E-state index contributed by atoms with van der Waals surface area (Å²) in [6, 6.07) is 21.3. The summed E-state index contributed by atoms with van der Waals surface area (Å²) in [5, 5.41) is 2.95. The van der Waals surface area contributed by atoms with Gasteiger partial charge in [-0.05, 0) is 67.3 Å². The number of nitrogens with one attached hydrogen (secondary N) is 2. The van der Waals surface area contributed by atoms with Crippen LogP contribution in [0.4, 0.5) is 11.4 Å². The summed E-state index contributed by atoms with van der Waals surface area (Å²) >= 11 is 0. The summed E-state index contributed by atoms with van der Waals surface area (Å²) in [7, 11) is -3.74. The number of carbonyl (C=O) groups excluding carboxylic acids is 1. The molecule has 1 amide bonds. The molecular formula is C25H27N3O3S. The van der Waals surface area contributed by atoms with Crippen LogP contribution in [0, 0.1) is 6.92 Å². The summed E-state index contributed by atoms with van der Waals surface area (Å²) in [5.74, 6) is -0.239. The molecule has 0 atom stereocenters. The van der Waals surface area contributed by atoms with Crippen LogP contribution in [0.3, 0.4) is 0 Å². The van der Waals surface area contributed by atoms with E-state index in [2.05, 4.69) is 21.0 Å².